The molecule has 154 valence electrons. The molecule has 1 aliphatic carbocycles. The van der Waals surface area contributed by atoms with Gasteiger partial charge in [0, 0.05) is 6.54 Å². The van der Waals surface area contributed by atoms with Gasteiger partial charge in [0.25, 0.3) is 5.91 Å². The molecule has 2 fully saturated rings. The van der Waals surface area contributed by atoms with E-state index in [0.717, 1.165) is 31.4 Å². The molecule has 3 atom stereocenters. The molecule has 9 heteroatoms. The molecule has 3 unspecified atom stereocenters. The Labute approximate surface area is 169 Å². The first kappa shape index (κ1) is 19.9. The van der Waals surface area contributed by atoms with Crippen molar-refractivity contribution in [1.29, 1.82) is 0 Å². The first-order chi connectivity index (χ1) is 13.7. The summed E-state index contributed by atoms with van der Waals surface area (Å²) in [7, 11) is 0. The minimum absolute atomic E-state index is 0.0747. The standard InChI is InChI=1S/C20H20F3N3O2S/c1-10-25-15(17(29-10)11-5-7-13(8-6-11)20(21,22)23)19(28)26-9-12-3-2-4-14(12)16(26)18(24)27/h5-8,12,14,16H,2-4,9H2,1H3,(H2,24,27). The Hall–Kier alpha value is -2.42. The molecule has 1 aromatic carbocycles. The van der Waals surface area contributed by atoms with Gasteiger partial charge in [0.15, 0.2) is 0 Å². The number of aromatic nitrogens is 1. The summed E-state index contributed by atoms with van der Waals surface area (Å²) in [4.78, 5) is 31.8. The van der Waals surface area contributed by atoms with Gasteiger partial charge in [-0.2, -0.15) is 13.2 Å². The van der Waals surface area contributed by atoms with E-state index in [2.05, 4.69) is 4.98 Å². The molecule has 2 aliphatic rings. The molecule has 2 N–H and O–H groups in total. The third kappa shape index (κ3) is 3.52. The van der Waals surface area contributed by atoms with Crippen LogP contribution < -0.4 is 5.73 Å². The Kier molecular flexibility index (Phi) is 4.88. The number of hydrogen-bond donors (Lipinski definition) is 1. The molecule has 1 aliphatic heterocycles. The van der Waals surface area contributed by atoms with Gasteiger partial charge in [-0.1, -0.05) is 18.6 Å². The van der Waals surface area contributed by atoms with Crippen LogP contribution in [0.3, 0.4) is 0 Å². The number of halogens is 3. The van der Waals surface area contributed by atoms with Crippen LogP contribution in [0.4, 0.5) is 13.2 Å². The van der Waals surface area contributed by atoms with Gasteiger partial charge < -0.3 is 10.6 Å². The van der Waals surface area contributed by atoms with Crippen LogP contribution in [-0.2, 0) is 11.0 Å². The van der Waals surface area contributed by atoms with E-state index in [1.165, 1.54) is 28.4 Å². The summed E-state index contributed by atoms with van der Waals surface area (Å²) in [6.07, 6.45) is -1.58. The number of nitrogens with zero attached hydrogens (tertiary/aromatic N) is 2. The van der Waals surface area contributed by atoms with Gasteiger partial charge in [-0.3, -0.25) is 9.59 Å². The summed E-state index contributed by atoms with van der Waals surface area (Å²) >= 11 is 1.24. The van der Waals surface area contributed by atoms with E-state index in [1.54, 1.807) is 6.92 Å². The van der Waals surface area contributed by atoms with Crippen LogP contribution in [0.15, 0.2) is 24.3 Å². The average molecular weight is 423 g/mol. The number of likely N-dealkylation sites (tertiary alicyclic amines) is 1. The van der Waals surface area contributed by atoms with Crippen molar-refractivity contribution in [3.8, 4) is 10.4 Å². The maximum absolute atomic E-state index is 13.3. The Morgan fingerprint density at radius 1 is 1.21 bits per heavy atom. The number of thiazole rings is 1. The van der Waals surface area contributed by atoms with Crippen LogP contribution in [0.25, 0.3) is 10.4 Å². The minimum Gasteiger partial charge on any atom is -0.368 e. The zero-order valence-corrected chi connectivity index (χ0v) is 16.5. The lowest BCUT2D eigenvalue weighted by atomic mass is 9.93. The number of rotatable bonds is 3. The number of carbonyl (C=O) groups excluding carboxylic acids is 2. The molecule has 0 spiro atoms. The Bertz CT molecular complexity index is 955. The van der Waals surface area contributed by atoms with Crippen molar-refractivity contribution in [3.63, 3.8) is 0 Å². The lowest BCUT2D eigenvalue weighted by Crippen LogP contribution is -2.46. The van der Waals surface area contributed by atoms with E-state index in [0.29, 0.717) is 22.0 Å². The summed E-state index contributed by atoms with van der Waals surface area (Å²) in [5.74, 6) is -0.574. The predicted octanol–water partition coefficient (Wildman–Crippen LogP) is 3.86. The topological polar surface area (TPSA) is 76.3 Å². The first-order valence-corrected chi connectivity index (χ1v) is 10.2. The monoisotopic (exact) mass is 423 g/mol. The number of aryl methyl sites for hydroxylation is 1. The van der Waals surface area contributed by atoms with Crippen LogP contribution in [-0.4, -0.2) is 34.3 Å². The number of carbonyl (C=O) groups is 2. The normalized spacial score (nSPS) is 24.0. The van der Waals surface area contributed by atoms with Gasteiger partial charge >= 0.3 is 6.18 Å². The van der Waals surface area contributed by atoms with Crippen LogP contribution in [0.1, 0.15) is 40.3 Å². The maximum atomic E-state index is 13.3. The number of hydrogen-bond acceptors (Lipinski definition) is 4. The van der Waals surface area contributed by atoms with E-state index < -0.39 is 23.7 Å². The second kappa shape index (κ2) is 7.12. The summed E-state index contributed by atoms with van der Waals surface area (Å²) in [6.45, 7) is 2.19. The fraction of sp³-hybridized carbons (Fsp3) is 0.450. The molecule has 2 amide bonds. The fourth-order valence-electron chi connectivity index (χ4n) is 4.59. The molecule has 1 saturated carbocycles. The number of fused-ring (bicyclic) bond motifs is 1. The van der Waals surface area contributed by atoms with Gasteiger partial charge in [0.05, 0.1) is 15.4 Å². The molecule has 1 saturated heterocycles. The molecule has 0 bridgehead atoms. The van der Waals surface area contributed by atoms with Crippen molar-refractivity contribution in [3.05, 3.63) is 40.5 Å². The highest BCUT2D eigenvalue weighted by Gasteiger charge is 2.49. The molecular formula is C20H20F3N3O2S. The highest BCUT2D eigenvalue weighted by atomic mass is 32.1. The highest BCUT2D eigenvalue weighted by molar-refractivity contribution is 7.15. The van der Waals surface area contributed by atoms with E-state index in [9.17, 15) is 22.8 Å². The van der Waals surface area contributed by atoms with Crippen molar-refractivity contribution in [2.75, 3.05) is 6.54 Å². The van der Waals surface area contributed by atoms with E-state index in [4.69, 9.17) is 5.73 Å². The third-order valence-corrected chi connectivity index (χ3v) is 6.87. The SMILES string of the molecule is Cc1nc(C(=O)N2CC3CCCC3C2C(N)=O)c(-c2ccc(C(F)(F)F)cc2)s1. The fourth-order valence-corrected chi connectivity index (χ4v) is 5.51. The summed E-state index contributed by atoms with van der Waals surface area (Å²) < 4.78 is 38.6. The number of amides is 2. The molecule has 29 heavy (non-hydrogen) atoms. The lowest BCUT2D eigenvalue weighted by Gasteiger charge is -2.25. The van der Waals surface area contributed by atoms with Crippen molar-refractivity contribution in [2.45, 2.75) is 38.4 Å². The maximum Gasteiger partial charge on any atom is 0.416 e. The quantitative estimate of drug-likeness (QED) is 0.814. The zero-order chi connectivity index (χ0) is 20.9. The molecule has 1 aromatic heterocycles. The number of alkyl halides is 3. The van der Waals surface area contributed by atoms with E-state index in [-0.39, 0.29) is 23.4 Å². The second-order valence-electron chi connectivity index (χ2n) is 7.65. The van der Waals surface area contributed by atoms with Crippen LogP contribution in [0, 0.1) is 18.8 Å². The van der Waals surface area contributed by atoms with Gasteiger partial charge in [0.2, 0.25) is 5.91 Å². The number of primary amides is 1. The summed E-state index contributed by atoms with van der Waals surface area (Å²) in [5, 5.41) is 0.623. The van der Waals surface area contributed by atoms with Crippen LogP contribution in [0.5, 0.6) is 0 Å². The third-order valence-electron chi connectivity index (χ3n) is 5.85. The molecule has 0 radical (unpaired) electrons. The molecule has 5 nitrogen and oxygen atoms in total. The molecule has 2 heterocycles. The average Bonchev–Trinajstić information content (AvgIpc) is 3.33. The Morgan fingerprint density at radius 3 is 2.52 bits per heavy atom. The Balaban J connectivity index is 1.68. The van der Waals surface area contributed by atoms with E-state index >= 15 is 0 Å². The van der Waals surface area contributed by atoms with Crippen LogP contribution in [0.2, 0.25) is 0 Å². The Morgan fingerprint density at radius 2 is 1.90 bits per heavy atom. The summed E-state index contributed by atoms with van der Waals surface area (Å²) in [6, 6.07) is 4.02. The first-order valence-electron chi connectivity index (χ1n) is 9.42. The second-order valence-corrected chi connectivity index (χ2v) is 8.85. The molecule has 2 aromatic rings. The lowest BCUT2D eigenvalue weighted by molar-refractivity contribution is -0.137. The van der Waals surface area contributed by atoms with Crippen molar-refractivity contribution in [1.82, 2.24) is 9.88 Å². The number of benzene rings is 1. The van der Waals surface area contributed by atoms with Crippen molar-refractivity contribution >= 4 is 23.2 Å². The minimum atomic E-state index is -4.43. The highest BCUT2D eigenvalue weighted by Crippen LogP contribution is 2.43. The largest absolute Gasteiger partial charge is 0.416 e. The summed E-state index contributed by atoms with van der Waals surface area (Å²) in [5.41, 5.74) is 5.51. The van der Waals surface area contributed by atoms with Crippen LogP contribution >= 0.6 is 11.3 Å². The van der Waals surface area contributed by atoms with Gasteiger partial charge in [-0.05, 0) is 49.3 Å². The van der Waals surface area contributed by atoms with Crippen molar-refractivity contribution in [2.24, 2.45) is 17.6 Å². The smallest absolute Gasteiger partial charge is 0.368 e. The van der Waals surface area contributed by atoms with Gasteiger partial charge in [-0.25, -0.2) is 4.98 Å². The van der Waals surface area contributed by atoms with E-state index in [1.807, 2.05) is 0 Å². The zero-order valence-electron chi connectivity index (χ0n) is 15.7. The van der Waals surface area contributed by atoms with Gasteiger partial charge in [-0.15, -0.1) is 11.3 Å². The van der Waals surface area contributed by atoms with Crippen molar-refractivity contribution < 1.29 is 22.8 Å². The molecule has 4 rings (SSSR count). The van der Waals surface area contributed by atoms with Gasteiger partial charge in [0.1, 0.15) is 11.7 Å². The predicted molar refractivity (Wildman–Crippen MR) is 102 cm³/mol. The molecular weight excluding hydrogens is 403 g/mol. The number of nitrogens with two attached hydrogens (primary N) is 1.